The van der Waals surface area contributed by atoms with Gasteiger partial charge >= 0.3 is 29.8 Å². The molecule has 13 amide bonds. The molecular formula is C97H130N15O31S2+. The van der Waals surface area contributed by atoms with Crippen molar-refractivity contribution in [3.63, 3.8) is 0 Å². The Morgan fingerprint density at radius 3 is 1.52 bits per heavy atom. The van der Waals surface area contributed by atoms with Gasteiger partial charge in [-0.15, -0.1) is 0 Å². The van der Waals surface area contributed by atoms with Crippen molar-refractivity contribution in [3.05, 3.63) is 143 Å². The highest BCUT2D eigenvalue weighted by molar-refractivity contribution is 7.86. The lowest BCUT2D eigenvalue weighted by Crippen LogP contribution is -2.60. The number of aliphatic carboxylic acids is 5. The number of anilines is 1. The van der Waals surface area contributed by atoms with Crippen molar-refractivity contribution in [1.29, 1.82) is 0 Å². The number of hydrogen-bond acceptors (Lipinski definition) is 26. The molecule has 46 nitrogen and oxygen atoms in total. The molecule has 0 bridgehead atoms. The standard InChI is InChI=1S/C97H129N15O31S2/c1-10-98-88(128)71(53-58(3)4)107-95(135)75-21-20-49-111(75)82(117)57-142-51-46-100-89(129)72(106-94(134)70(35-44-87(126)127)105-93(133)69(34-43-86(124)125)104-92(132)68(33-42-85(122)123)103-91(131)67(32-41-84(120)121)102-90(130)66(31-40-83(118)119)101-79(114)45-50-112-80(115)38-39-81(112)116)54-60-25-27-61(28-26-60)59(5)108-143-52-47-99-78(113)24-18-15-19-48-110-74-37-30-63(145(139,140)141)56-65(74)97(8,9)77(110)23-17-14-12-13-16-22-76-96(6,7)64-55-62(144(136,137)138)29-36-73(64)109(76)11-2/h12-14,16-17,22-23,25-30,36-39,55-56,58,66-72,75H,10-11,15,18-21,24,31-35,40-54,57H2,1-9H3,(H16-,98,99,100,101,102,103,104,105,106,107,113,114,118,119,120,121,122,123,124,125,126,127,128,129,130,131,132,133,134,135,136,137,138,139,140,141)/p+1/b108-59+/t66-,67-,68-,69-,70-,71+,72+,75+/m1/s1. The van der Waals surface area contributed by atoms with Gasteiger partial charge in [-0.2, -0.15) is 21.4 Å². The number of ether oxygens (including phenoxy) is 1. The predicted molar refractivity (Wildman–Crippen MR) is 522 cm³/mol. The molecule has 1 fully saturated rings. The second-order valence-corrected chi connectivity index (χ2v) is 39.1. The monoisotopic (exact) mass is 2060 g/mol. The van der Waals surface area contributed by atoms with Gasteiger partial charge in [0.1, 0.15) is 68.1 Å². The molecule has 145 heavy (non-hydrogen) atoms. The summed E-state index contributed by atoms with van der Waals surface area (Å²) in [5, 5.41) is 77.3. The van der Waals surface area contributed by atoms with Crippen LogP contribution in [0.3, 0.4) is 0 Å². The highest BCUT2D eigenvalue weighted by Gasteiger charge is 2.46. The predicted octanol–water partition coefficient (Wildman–Crippen LogP) is 2.92. The number of likely N-dealkylation sites (N-methyl/N-ethyl adjacent to an activating group) is 1. The molecule has 1 saturated heterocycles. The Kier molecular flexibility index (Phi) is 45.1. The maximum absolute atomic E-state index is 14.7. The number of carbonyl (C=O) groups excluding carboxylic acids is 13. The van der Waals surface area contributed by atoms with E-state index >= 15 is 0 Å². The Morgan fingerprint density at radius 1 is 0.517 bits per heavy atom. The highest BCUT2D eigenvalue weighted by Crippen LogP contribution is 2.49. The quantitative estimate of drug-likeness (QED) is 0.00734. The molecule has 4 aliphatic heterocycles. The number of likely N-dealkylation sites (tertiary alicyclic amines) is 1. The summed E-state index contributed by atoms with van der Waals surface area (Å²) < 4.78 is 76.3. The van der Waals surface area contributed by atoms with Crippen LogP contribution in [0.4, 0.5) is 11.4 Å². The first kappa shape index (κ1) is 118. The van der Waals surface area contributed by atoms with Gasteiger partial charge in [0.15, 0.2) is 5.71 Å². The molecule has 8 atom stereocenters. The minimum Gasteiger partial charge on any atom is -0.481 e. The first-order valence-corrected chi connectivity index (χ1v) is 50.3. The fraction of sp³-hybridized carbons (Fsp3) is 0.505. The minimum atomic E-state index is -4.55. The first-order chi connectivity index (χ1) is 68.4. The summed E-state index contributed by atoms with van der Waals surface area (Å²) in [4.78, 5) is 246. The first-order valence-electron chi connectivity index (χ1n) is 47.4. The summed E-state index contributed by atoms with van der Waals surface area (Å²) in [6.45, 7) is 16.8. The molecule has 0 aromatic heterocycles. The Morgan fingerprint density at radius 2 is 1.01 bits per heavy atom. The van der Waals surface area contributed by atoms with E-state index < -0.39 is 258 Å². The number of carbonyl (C=O) groups is 18. The van der Waals surface area contributed by atoms with Crippen molar-refractivity contribution < 1.29 is 152 Å². The van der Waals surface area contributed by atoms with Crippen LogP contribution in [-0.4, -0.2) is 298 Å². The zero-order chi connectivity index (χ0) is 107. The number of allylic oxidation sites excluding steroid dienone is 8. The highest BCUT2D eigenvalue weighted by atomic mass is 32.2. The summed E-state index contributed by atoms with van der Waals surface area (Å²) in [6.07, 6.45) is 8.73. The van der Waals surface area contributed by atoms with Gasteiger partial charge in [0.05, 0.1) is 34.1 Å². The molecule has 4 aliphatic rings. The van der Waals surface area contributed by atoms with Crippen LogP contribution in [0.25, 0.3) is 0 Å². The third-order valence-electron chi connectivity index (χ3n) is 24.3. The van der Waals surface area contributed by atoms with Crippen LogP contribution in [0.1, 0.15) is 200 Å². The van der Waals surface area contributed by atoms with Crippen LogP contribution in [0.15, 0.2) is 136 Å². The van der Waals surface area contributed by atoms with Crippen molar-refractivity contribution >= 4 is 150 Å². The molecule has 17 N–H and O–H groups in total. The van der Waals surface area contributed by atoms with E-state index in [0.29, 0.717) is 79.0 Å². The smallest absolute Gasteiger partial charge is 0.303 e. The lowest BCUT2D eigenvalue weighted by molar-refractivity contribution is -0.433. The van der Waals surface area contributed by atoms with Crippen molar-refractivity contribution in [2.45, 2.75) is 253 Å². The summed E-state index contributed by atoms with van der Waals surface area (Å²) in [7, 11) is -8.98. The van der Waals surface area contributed by atoms with E-state index in [1.54, 1.807) is 50.2 Å². The van der Waals surface area contributed by atoms with Crippen molar-refractivity contribution in [3.8, 4) is 0 Å². The van der Waals surface area contributed by atoms with Crippen LogP contribution in [0.5, 0.6) is 0 Å². The number of fused-ring (bicyclic) bond motifs is 2. The molecule has 48 heteroatoms. The van der Waals surface area contributed by atoms with Gasteiger partial charge in [0, 0.05) is 131 Å². The van der Waals surface area contributed by atoms with Crippen LogP contribution in [0, 0.1) is 5.92 Å². The van der Waals surface area contributed by atoms with Crippen LogP contribution in [0.2, 0.25) is 0 Å². The van der Waals surface area contributed by atoms with Gasteiger partial charge in [-0.1, -0.05) is 93.9 Å². The molecule has 790 valence electrons. The number of amides is 13. The normalized spacial score (nSPS) is 16.6. The molecule has 7 rings (SSSR count). The molecule has 3 aromatic carbocycles. The van der Waals surface area contributed by atoms with Gasteiger partial charge < -0.3 is 98.1 Å². The second kappa shape index (κ2) is 55.6. The fourth-order valence-corrected chi connectivity index (χ4v) is 17.7. The molecule has 0 spiro atoms. The van der Waals surface area contributed by atoms with Crippen molar-refractivity contribution in [2.75, 3.05) is 70.5 Å². The third-order valence-corrected chi connectivity index (χ3v) is 26.0. The van der Waals surface area contributed by atoms with Gasteiger partial charge in [0.25, 0.3) is 32.1 Å². The van der Waals surface area contributed by atoms with Gasteiger partial charge in [-0.25, -0.2) is 0 Å². The summed E-state index contributed by atoms with van der Waals surface area (Å²) >= 11 is 0. The van der Waals surface area contributed by atoms with Crippen molar-refractivity contribution in [1.82, 2.24) is 63.0 Å². The average molecular weight is 2070 g/mol. The third kappa shape index (κ3) is 36.2. The maximum atomic E-state index is 14.7. The van der Waals surface area contributed by atoms with E-state index in [1.165, 1.54) is 29.2 Å². The van der Waals surface area contributed by atoms with Gasteiger partial charge in [0.2, 0.25) is 70.7 Å². The van der Waals surface area contributed by atoms with Gasteiger partial charge in [-0.3, -0.25) is 100 Å². The minimum absolute atomic E-state index is 0.0216. The maximum Gasteiger partial charge on any atom is 0.303 e. The van der Waals surface area contributed by atoms with Crippen LogP contribution in [-0.2, 0) is 133 Å². The van der Waals surface area contributed by atoms with E-state index in [4.69, 9.17) is 9.57 Å². The van der Waals surface area contributed by atoms with Crippen LogP contribution < -0.4 is 58.1 Å². The molecule has 0 radical (unpaired) electrons. The number of hydrogen-bond donors (Lipinski definition) is 17. The van der Waals surface area contributed by atoms with E-state index in [9.17, 15) is 138 Å². The lowest BCUT2D eigenvalue weighted by Gasteiger charge is -2.27. The number of carboxylic acid groups (broad SMARTS) is 5. The largest absolute Gasteiger partial charge is 0.481 e. The van der Waals surface area contributed by atoms with E-state index in [-0.39, 0.29) is 79.6 Å². The number of imide groups is 1. The average Bonchev–Trinajstić information content (AvgIpc) is 1.59. The Labute approximate surface area is 838 Å². The number of unbranched alkanes of at least 4 members (excludes halogenated alkanes) is 2. The Balaban J connectivity index is 1.02. The SMILES string of the molecule is CCNC(=O)[C@H](CC(C)C)NC(=O)[C@@H]1CCCN1C(=O)COCCNC(=O)[C@H](Cc1ccc(/C(C)=N/OCCNC(=O)CCCCCN2/C(=C/C=C/C=C/C=C/C3=[N+](CC)c4ccc(S(=O)(=O)O)cc4C3(C)C)C(C)(C)c3cc(S(=O)(=O)O)ccc32)cc1)NC(=O)[C@@H](CCC(=O)O)NC(=O)[C@@H](CCC(=O)O)NC(=O)[C@@H](CCC(=O)O)NC(=O)[C@@H](CCC(=O)O)NC(=O)[C@@H](CCC(=O)O)NC(=O)CCN1C(=O)C=CC1=O. The zero-order valence-corrected chi connectivity index (χ0v) is 83.8. The Hall–Kier alpha value is -14.3. The van der Waals surface area contributed by atoms with Crippen molar-refractivity contribution in [2.24, 2.45) is 11.1 Å². The van der Waals surface area contributed by atoms with E-state index in [2.05, 4.69) is 67.8 Å². The summed E-state index contributed by atoms with van der Waals surface area (Å²) in [6, 6.07) is 2.01. The van der Waals surface area contributed by atoms with E-state index in [0.717, 1.165) is 40.5 Å². The fourth-order valence-electron chi connectivity index (χ4n) is 16.7. The number of benzene rings is 3. The van der Waals surface area contributed by atoms with Gasteiger partial charge in [-0.05, 0) is 158 Å². The zero-order valence-electron chi connectivity index (χ0n) is 82.2. The number of oxime groups is 1. The topological polar surface area (TPSA) is 681 Å². The molecule has 3 aromatic rings. The van der Waals surface area contributed by atoms with E-state index in [1.807, 2.05) is 91.0 Å². The number of rotatable bonds is 61. The molecule has 4 heterocycles. The lowest BCUT2D eigenvalue weighted by atomic mass is 9.81. The number of nitrogens with zero attached hydrogens (tertiary/aromatic N) is 5. The molecular weight excluding hydrogens is 1940 g/mol. The molecule has 0 unspecified atom stereocenters. The second-order valence-electron chi connectivity index (χ2n) is 36.3. The molecule has 0 saturated carbocycles. The molecule has 0 aliphatic carbocycles. The van der Waals surface area contributed by atoms with Crippen LogP contribution >= 0.6 is 0 Å². The number of carboxylic acids is 5. The summed E-state index contributed by atoms with van der Waals surface area (Å²) in [5.41, 5.74) is 4.61. The number of nitrogens with one attached hydrogen (secondary N) is 10. The summed E-state index contributed by atoms with van der Waals surface area (Å²) in [5.74, 6) is -19.6. The Bertz CT molecular complexity index is 5750.